The van der Waals surface area contributed by atoms with Crippen LogP contribution in [0.5, 0.6) is 0 Å². The molecule has 0 amide bonds. The second-order valence-corrected chi connectivity index (χ2v) is 3.84. The molecule has 0 unspecified atom stereocenters. The Morgan fingerprint density at radius 2 is 2.31 bits per heavy atom. The van der Waals surface area contributed by atoms with Gasteiger partial charge in [0.2, 0.25) is 0 Å². The predicted molar refractivity (Wildman–Crippen MR) is 63.6 cm³/mol. The lowest BCUT2D eigenvalue weighted by Crippen LogP contribution is -2.13. The van der Waals surface area contributed by atoms with Crippen molar-refractivity contribution in [2.75, 3.05) is 18.5 Å². The van der Waals surface area contributed by atoms with Gasteiger partial charge in [0.1, 0.15) is 11.4 Å². The van der Waals surface area contributed by atoms with E-state index >= 15 is 0 Å². The number of nitrogens with one attached hydrogen (secondary N) is 1. The molecular weight excluding hydrogens is 204 g/mol. The van der Waals surface area contributed by atoms with E-state index in [0.29, 0.717) is 6.61 Å². The van der Waals surface area contributed by atoms with Gasteiger partial charge >= 0.3 is 0 Å². The molecule has 86 valence electrons. The minimum atomic E-state index is 0.263. The summed E-state index contributed by atoms with van der Waals surface area (Å²) in [4.78, 5) is 4.27. The third-order valence-electron chi connectivity index (χ3n) is 2.23. The van der Waals surface area contributed by atoms with E-state index in [0.717, 1.165) is 23.3 Å². The summed E-state index contributed by atoms with van der Waals surface area (Å²) < 4.78 is 10.7. The number of pyridine rings is 1. The van der Waals surface area contributed by atoms with Gasteiger partial charge in [-0.05, 0) is 26.0 Å². The smallest absolute Gasteiger partial charge is 0.139 e. The maximum atomic E-state index is 5.44. The maximum absolute atomic E-state index is 5.44. The van der Waals surface area contributed by atoms with Gasteiger partial charge in [0.15, 0.2) is 0 Å². The second-order valence-electron chi connectivity index (χ2n) is 3.84. The molecule has 0 aromatic carbocycles. The lowest BCUT2D eigenvalue weighted by Gasteiger charge is -2.09. The average molecular weight is 220 g/mol. The molecule has 0 atom stereocenters. The minimum Gasteiger partial charge on any atom is -0.464 e. The van der Waals surface area contributed by atoms with Crippen LogP contribution in [0.25, 0.3) is 11.0 Å². The van der Waals surface area contributed by atoms with Crippen molar-refractivity contribution in [3.63, 3.8) is 0 Å². The molecule has 2 rings (SSSR count). The SMILES string of the molecule is CC(C)OCCNc1nccc2occc12. The summed E-state index contributed by atoms with van der Waals surface area (Å²) in [5, 5.41) is 4.24. The number of nitrogens with zero attached hydrogens (tertiary/aromatic N) is 1. The van der Waals surface area contributed by atoms with Crippen molar-refractivity contribution >= 4 is 16.8 Å². The molecule has 0 spiro atoms. The van der Waals surface area contributed by atoms with E-state index in [1.165, 1.54) is 0 Å². The molecule has 1 N–H and O–H groups in total. The Labute approximate surface area is 94.6 Å². The summed E-state index contributed by atoms with van der Waals surface area (Å²) in [6, 6.07) is 3.76. The number of hydrogen-bond donors (Lipinski definition) is 1. The quantitative estimate of drug-likeness (QED) is 0.787. The number of fused-ring (bicyclic) bond motifs is 1. The first kappa shape index (κ1) is 11.0. The lowest BCUT2D eigenvalue weighted by atomic mass is 10.3. The maximum Gasteiger partial charge on any atom is 0.139 e. The van der Waals surface area contributed by atoms with Crippen molar-refractivity contribution in [1.29, 1.82) is 0 Å². The van der Waals surface area contributed by atoms with Crippen LogP contribution in [-0.2, 0) is 4.74 Å². The molecule has 2 heterocycles. The first-order valence-electron chi connectivity index (χ1n) is 5.45. The van der Waals surface area contributed by atoms with Crippen LogP contribution in [0.3, 0.4) is 0 Å². The highest BCUT2D eigenvalue weighted by atomic mass is 16.5. The van der Waals surface area contributed by atoms with Crippen LogP contribution in [-0.4, -0.2) is 24.2 Å². The minimum absolute atomic E-state index is 0.263. The van der Waals surface area contributed by atoms with Crippen molar-refractivity contribution in [3.05, 3.63) is 24.6 Å². The van der Waals surface area contributed by atoms with Gasteiger partial charge in [-0.1, -0.05) is 0 Å². The lowest BCUT2D eigenvalue weighted by molar-refractivity contribution is 0.0870. The van der Waals surface area contributed by atoms with Crippen molar-refractivity contribution in [1.82, 2.24) is 4.98 Å². The van der Waals surface area contributed by atoms with E-state index in [4.69, 9.17) is 9.15 Å². The van der Waals surface area contributed by atoms with E-state index in [1.54, 1.807) is 12.5 Å². The molecular formula is C12H16N2O2. The first-order valence-corrected chi connectivity index (χ1v) is 5.45. The molecule has 0 fully saturated rings. The summed E-state index contributed by atoms with van der Waals surface area (Å²) in [6.07, 6.45) is 3.67. The van der Waals surface area contributed by atoms with E-state index in [9.17, 15) is 0 Å². The summed E-state index contributed by atoms with van der Waals surface area (Å²) in [7, 11) is 0. The summed E-state index contributed by atoms with van der Waals surface area (Å²) in [5.41, 5.74) is 0.849. The van der Waals surface area contributed by atoms with Crippen molar-refractivity contribution in [3.8, 4) is 0 Å². The van der Waals surface area contributed by atoms with E-state index in [2.05, 4.69) is 10.3 Å². The van der Waals surface area contributed by atoms with Crippen LogP contribution in [0.2, 0.25) is 0 Å². The van der Waals surface area contributed by atoms with Crippen LogP contribution in [0.15, 0.2) is 29.0 Å². The van der Waals surface area contributed by atoms with Gasteiger partial charge in [-0.25, -0.2) is 4.98 Å². The Bertz CT molecular complexity index is 451. The molecule has 0 aliphatic carbocycles. The van der Waals surface area contributed by atoms with Gasteiger partial charge in [-0.3, -0.25) is 0 Å². The zero-order chi connectivity index (χ0) is 11.4. The molecule has 4 heteroatoms. The largest absolute Gasteiger partial charge is 0.464 e. The summed E-state index contributed by atoms with van der Waals surface area (Å²) in [6.45, 7) is 5.47. The zero-order valence-corrected chi connectivity index (χ0v) is 9.56. The van der Waals surface area contributed by atoms with Crippen LogP contribution in [0, 0.1) is 0 Å². The van der Waals surface area contributed by atoms with Crippen LogP contribution in [0.4, 0.5) is 5.82 Å². The van der Waals surface area contributed by atoms with Gasteiger partial charge in [-0.2, -0.15) is 0 Å². The highest BCUT2D eigenvalue weighted by molar-refractivity contribution is 5.87. The van der Waals surface area contributed by atoms with Crippen LogP contribution < -0.4 is 5.32 Å². The molecule has 4 nitrogen and oxygen atoms in total. The summed E-state index contributed by atoms with van der Waals surface area (Å²) >= 11 is 0. The van der Waals surface area contributed by atoms with Crippen molar-refractivity contribution < 1.29 is 9.15 Å². The van der Waals surface area contributed by atoms with Gasteiger partial charge in [0.05, 0.1) is 24.4 Å². The Morgan fingerprint density at radius 3 is 3.12 bits per heavy atom. The predicted octanol–water partition coefficient (Wildman–Crippen LogP) is 2.66. The zero-order valence-electron chi connectivity index (χ0n) is 9.56. The van der Waals surface area contributed by atoms with Crippen LogP contribution in [0.1, 0.15) is 13.8 Å². The summed E-state index contributed by atoms with van der Waals surface area (Å²) in [5.74, 6) is 0.846. The fourth-order valence-corrected chi connectivity index (χ4v) is 1.50. The Balaban J connectivity index is 1.96. The molecule has 0 radical (unpaired) electrons. The van der Waals surface area contributed by atoms with E-state index < -0.39 is 0 Å². The Kier molecular flexibility index (Phi) is 3.41. The number of aromatic nitrogens is 1. The van der Waals surface area contributed by atoms with Gasteiger partial charge in [-0.15, -0.1) is 0 Å². The topological polar surface area (TPSA) is 47.3 Å². The Hall–Kier alpha value is -1.55. The monoisotopic (exact) mass is 220 g/mol. The molecule has 0 saturated carbocycles. The van der Waals surface area contributed by atoms with Crippen molar-refractivity contribution in [2.45, 2.75) is 20.0 Å². The fraction of sp³-hybridized carbons (Fsp3) is 0.417. The fourth-order valence-electron chi connectivity index (χ4n) is 1.50. The third-order valence-corrected chi connectivity index (χ3v) is 2.23. The molecule has 16 heavy (non-hydrogen) atoms. The number of ether oxygens (including phenoxy) is 1. The van der Waals surface area contributed by atoms with E-state index in [-0.39, 0.29) is 6.10 Å². The van der Waals surface area contributed by atoms with E-state index in [1.807, 2.05) is 26.0 Å². The number of anilines is 1. The second kappa shape index (κ2) is 4.99. The van der Waals surface area contributed by atoms with Gasteiger partial charge in [0, 0.05) is 12.7 Å². The number of hydrogen-bond acceptors (Lipinski definition) is 4. The average Bonchev–Trinajstić information content (AvgIpc) is 2.72. The highest BCUT2D eigenvalue weighted by Crippen LogP contribution is 2.21. The Morgan fingerprint density at radius 1 is 1.44 bits per heavy atom. The third kappa shape index (κ3) is 2.52. The van der Waals surface area contributed by atoms with Gasteiger partial charge < -0.3 is 14.5 Å². The molecule has 2 aromatic heterocycles. The molecule has 0 aliphatic heterocycles. The standard InChI is InChI=1S/C12H16N2O2/c1-9(2)15-8-6-14-12-10-4-7-16-11(10)3-5-13-12/h3-5,7,9H,6,8H2,1-2H3,(H,13,14). The molecule has 0 saturated heterocycles. The number of furan rings is 1. The van der Waals surface area contributed by atoms with Crippen molar-refractivity contribution in [2.24, 2.45) is 0 Å². The normalized spacial score (nSPS) is 11.2. The van der Waals surface area contributed by atoms with Gasteiger partial charge in [0.25, 0.3) is 0 Å². The number of rotatable bonds is 5. The first-order chi connectivity index (χ1) is 7.77. The van der Waals surface area contributed by atoms with Crippen LogP contribution >= 0.6 is 0 Å². The molecule has 0 bridgehead atoms. The highest BCUT2D eigenvalue weighted by Gasteiger charge is 2.03. The molecule has 0 aliphatic rings. The molecule has 2 aromatic rings.